The molecule has 0 atom stereocenters. The number of nitrogens with two attached hydrogens (primary N) is 1. The maximum Gasteiger partial charge on any atom is 0.282 e. The van der Waals surface area contributed by atoms with Crippen molar-refractivity contribution in [2.75, 3.05) is 27.3 Å². The average molecular weight is 263 g/mol. The molecule has 1 aliphatic heterocycles. The van der Waals surface area contributed by atoms with Crippen molar-refractivity contribution in [3.05, 3.63) is 23.3 Å². The summed E-state index contributed by atoms with van der Waals surface area (Å²) < 4.78 is 12.6. The fourth-order valence-electron chi connectivity index (χ4n) is 2.44. The van der Waals surface area contributed by atoms with Crippen LogP contribution in [0.4, 0.5) is 0 Å². The highest BCUT2D eigenvalue weighted by molar-refractivity contribution is 5.98. The minimum Gasteiger partial charge on any atom is -0.493 e. The number of ether oxygens (including phenoxy) is 2. The zero-order valence-electron chi connectivity index (χ0n) is 11.5. The second kappa shape index (κ2) is 5.30. The van der Waals surface area contributed by atoms with Gasteiger partial charge in [-0.05, 0) is 17.7 Å². The van der Waals surface area contributed by atoms with Gasteiger partial charge in [0.1, 0.15) is 6.54 Å². The van der Waals surface area contributed by atoms with Gasteiger partial charge in [0.2, 0.25) is 6.54 Å². The molecule has 2 rings (SSSR count). The van der Waals surface area contributed by atoms with Crippen molar-refractivity contribution in [2.45, 2.75) is 13.3 Å². The second-order valence-electron chi connectivity index (χ2n) is 4.59. The lowest BCUT2D eigenvalue weighted by molar-refractivity contribution is -0.517. The maximum absolute atomic E-state index is 11.1. The lowest BCUT2D eigenvalue weighted by atomic mass is 9.96. The molecule has 1 amide bonds. The third kappa shape index (κ3) is 2.54. The SMILES string of the molecule is COc1cc2c(cc1OC)C(C)=[N+](CC(N)=O)CC2. The van der Waals surface area contributed by atoms with Gasteiger partial charge < -0.3 is 15.2 Å². The van der Waals surface area contributed by atoms with Crippen molar-refractivity contribution in [1.82, 2.24) is 0 Å². The zero-order chi connectivity index (χ0) is 14.0. The van der Waals surface area contributed by atoms with E-state index in [9.17, 15) is 4.79 Å². The molecule has 0 radical (unpaired) electrons. The average Bonchev–Trinajstić information content (AvgIpc) is 2.40. The van der Waals surface area contributed by atoms with Crippen LogP contribution in [0, 0.1) is 0 Å². The molecule has 5 nitrogen and oxygen atoms in total. The number of carbonyl (C=O) groups excluding carboxylic acids is 1. The van der Waals surface area contributed by atoms with Gasteiger partial charge in [-0.15, -0.1) is 0 Å². The predicted octanol–water partition coefficient (Wildman–Crippen LogP) is 0.567. The van der Waals surface area contributed by atoms with E-state index in [0.29, 0.717) is 5.75 Å². The lowest BCUT2D eigenvalue weighted by Gasteiger charge is -2.18. The van der Waals surface area contributed by atoms with E-state index in [0.717, 1.165) is 30.0 Å². The third-order valence-corrected chi connectivity index (χ3v) is 3.47. The normalized spacial score (nSPS) is 14.1. The standard InChI is InChI=1S/C14H18N2O3/c1-9-11-7-13(19-3)12(18-2)6-10(11)4-5-16(9)8-14(15)17/h6-7H,4-5,8H2,1-3H3,(H-,15,17)/p+1. The monoisotopic (exact) mass is 263 g/mol. The first kappa shape index (κ1) is 13.4. The van der Waals surface area contributed by atoms with Crippen LogP contribution in [0.15, 0.2) is 12.1 Å². The number of fused-ring (bicyclic) bond motifs is 1. The fraction of sp³-hybridized carbons (Fsp3) is 0.429. The third-order valence-electron chi connectivity index (χ3n) is 3.47. The molecule has 0 spiro atoms. The number of carbonyl (C=O) groups is 1. The number of benzene rings is 1. The van der Waals surface area contributed by atoms with Crippen LogP contribution in [0.3, 0.4) is 0 Å². The number of hydrogen-bond acceptors (Lipinski definition) is 3. The molecular formula is C14H19N2O3+. The van der Waals surface area contributed by atoms with Crippen molar-refractivity contribution in [1.29, 1.82) is 0 Å². The van der Waals surface area contributed by atoms with E-state index in [1.165, 1.54) is 5.56 Å². The van der Waals surface area contributed by atoms with Gasteiger partial charge in [-0.3, -0.25) is 4.79 Å². The van der Waals surface area contributed by atoms with Crippen molar-refractivity contribution >= 4 is 11.6 Å². The van der Waals surface area contributed by atoms with Gasteiger partial charge in [-0.1, -0.05) is 0 Å². The van der Waals surface area contributed by atoms with E-state index in [1.54, 1.807) is 14.2 Å². The maximum atomic E-state index is 11.1. The largest absolute Gasteiger partial charge is 0.493 e. The van der Waals surface area contributed by atoms with Crippen LogP contribution < -0.4 is 15.2 Å². The molecule has 1 aromatic carbocycles. The molecule has 19 heavy (non-hydrogen) atoms. The Morgan fingerprint density at radius 1 is 1.32 bits per heavy atom. The number of nitrogens with zero attached hydrogens (tertiary/aromatic N) is 1. The molecule has 0 saturated carbocycles. The molecule has 1 heterocycles. The van der Waals surface area contributed by atoms with Crippen LogP contribution in [0.25, 0.3) is 0 Å². The molecular weight excluding hydrogens is 244 g/mol. The van der Waals surface area contributed by atoms with Crippen molar-refractivity contribution < 1.29 is 18.8 Å². The zero-order valence-corrected chi connectivity index (χ0v) is 11.5. The van der Waals surface area contributed by atoms with Gasteiger partial charge in [0.05, 0.1) is 14.2 Å². The topological polar surface area (TPSA) is 64.6 Å². The molecule has 2 N–H and O–H groups in total. The Morgan fingerprint density at radius 2 is 1.95 bits per heavy atom. The van der Waals surface area contributed by atoms with E-state index in [4.69, 9.17) is 15.2 Å². The summed E-state index contributed by atoms with van der Waals surface area (Å²) >= 11 is 0. The fourth-order valence-corrected chi connectivity index (χ4v) is 2.44. The first-order chi connectivity index (χ1) is 9.06. The van der Waals surface area contributed by atoms with Crippen molar-refractivity contribution in [3.63, 3.8) is 0 Å². The molecule has 0 aliphatic carbocycles. The molecule has 5 heteroatoms. The Bertz CT molecular complexity index is 550. The minimum absolute atomic E-state index is 0.250. The highest BCUT2D eigenvalue weighted by atomic mass is 16.5. The van der Waals surface area contributed by atoms with Crippen LogP contribution in [-0.2, 0) is 11.2 Å². The van der Waals surface area contributed by atoms with E-state index in [2.05, 4.69) is 0 Å². The summed E-state index contributed by atoms with van der Waals surface area (Å²) in [6.07, 6.45) is 0.861. The van der Waals surface area contributed by atoms with Crippen molar-refractivity contribution in [2.24, 2.45) is 5.73 Å². The molecule has 0 saturated heterocycles. The van der Waals surface area contributed by atoms with Crippen LogP contribution in [0.5, 0.6) is 11.5 Å². The van der Waals surface area contributed by atoms with E-state index in [1.807, 2.05) is 23.6 Å². The summed E-state index contributed by atoms with van der Waals surface area (Å²) in [6, 6.07) is 3.95. The first-order valence-corrected chi connectivity index (χ1v) is 6.19. The highest BCUT2D eigenvalue weighted by Crippen LogP contribution is 2.32. The molecule has 0 unspecified atom stereocenters. The minimum atomic E-state index is -0.316. The second-order valence-corrected chi connectivity index (χ2v) is 4.59. The van der Waals surface area contributed by atoms with Gasteiger partial charge >= 0.3 is 0 Å². The Morgan fingerprint density at radius 3 is 2.53 bits per heavy atom. The number of amides is 1. The molecule has 1 aromatic rings. The predicted molar refractivity (Wildman–Crippen MR) is 72.2 cm³/mol. The van der Waals surface area contributed by atoms with E-state index in [-0.39, 0.29) is 12.5 Å². The Kier molecular flexibility index (Phi) is 3.74. The van der Waals surface area contributed by atoms with Crippen LogP contribution in [0.1, 0.15) is 18.1 Å². The smallest absolute Gasteiger partial charge is 0.282 e. The summed E-state index contributed by atoms with van der Waals surface area (Å²) in [4.78, 5) is 11.1. The summed E-state index contributed by atoms with van der Waals surface area (Å²) in [5.74, 6) is 1.11. The highest BCUT2D eigenvalue weighted by Gasteiger charge is 2.25. The molecule has 0 fully saturated rings. The quantitative estimate of drug-likeness (QED) is 0.808. The van der Waals surface area contributed by atoms with Crippen molar-refractivity contribution in [3.8, 4) is 11.5 Å². The van der Waals surface area contributed by atoms with Gasteiger partial charge in [0.25, 0.3) is 5.91 Å². The summed E-state index contributed by atoms with van der Waals surface area (Å²) in [7, 11) is 3.24. The van der Waals surface area contributed by atoms with Crippen LogP contribution >= 0.6 is 0 Å². The number of rotatable bonds is 4. The summed E-state index contributed by atoms with van der Waals surface area (Å²) in [5.41, 5.74) is 8.60. The van der Waals surface area contributed by atoms with Gasteiger partial charge in [0, 0.05) is 18.9 Å². The number of hydrogen-bond donors (Lipinski definition) is 1. The lowest BCUT2D eigenvalue weighted by Crippen LogP contribution is -2.35. The first-order valence-electron chi connectivity index (χ1n) is 6.19. The number of primary amides is 1. The summed E-state index contributed by atoms with van der Waals surface area (Å²) in [5, 5.41) is 0. The molecule has 0 bridgehead atoms. The molecule has 1 aliphatic rings. The number of methoxy groups -OCH3 is 2. The van der Waals surface area contributed by atoms with Gasteiger partial charge in [0.15, 0.2) is 17.2 Å². The Labute approximate surface area is 112 Å². The van der Waals surface area contributed by atoms with Gasteiger partial charge in [-0.2, -0.15) is 0 Å². The van der Waals surface area contributed by atoms with Crippen LogP contribution in [0.2, 0.25) is 0 Å². The molecule has 102 valence electrons. The summed E-state index contributed by atoms with van der Waals surface area (Å²) in [6.45, 7) is 3.03. The van der Waals surface area contributed by atoms with E-state index < -0.39 is 0 Å². The Hall–Kier alpha value is -2.04. The van der Waals surface area contributed by atoms with Crippen LogP contribution in [-0.4, -0.2) is 43.5 Å². The van der Waals surface area contributed by atoms with E-state index >= 15 is 0 Å². The Balaban J connectivity index is 2.49. The molecule has 0 aromatic heterocycles. The van der Waals surface area contributed by atoms with Gasteiger partial charge in [-0.25, -0.2) is 4.58 Å².